The average molecular weight is 361 g/mol. The topological polar surface area (TPSA) is 29.5 Å². The minimum Gasteiger partial charge on any atom is -0.496 e. The molecule has 2 aliphatic rings. The smallest absolute Gasteiger partial charge is 0.132 e. The first-order valence-electron chi connectivity index (χ1n) is 9.66. The summed E-state index contributed by atoms with van der Waals surface area (Å²) in [6.45, 7) is 9.03. The molecule has 4 rings (SSSR count). The van der Waals surface area contributed by atoms with Gasteiger partial charge in [-0.2, -0.15) is 0 Å². The number of carbonyl (C=O) groups is 1. The molecule has 3 nitrogen and oxygen atoms in total. The Bertz CT molecular complexity index is 971. The molecule has 0 amide bonds. The van der Waals surface area contributed by atoms with Crippen LogP contribution in [0.2, 0.25) is 0 Å². The molecular weight excluding hydrogens is 334 g/mol. The molecule has 0 fully saturated rings. The SMILES string of the molecule is COc1c(C)ccc2c1C(CC(C)=O)N1CCc3cc(C)c(C)cc3C1=C2. The van der Waals surface area contributed by atoms with E-state index in [4.69, 9.17) is 4.74 Å². The lowest BCUT2D eigenvalue weighted by molar-refractivity contribution is -0.118. The summed E-state index contributed by atoms with van der Waals surface area (Å²) in [5.41, 5.74) is 10.1. The Labute approximate surface area is 161 Å². The summed E-state index contributed by atoms with van der Waals surface area (Å²) in [6.07, 6.45) is 3.79. The number of carbonyl (C=O) groups excluding carboxylic acids is 1. The highest BCUT2D eigenvalue weighted by Gasteiger charge is 2.35. The Morgan fingerprint density at radius 2 is 1.89 bits per heavy atom. The zero-order valence-corrected chi connectivity index (χ0v) is 16.8. The highest BCUT2D eigenvalue weighted by molar-refractivity contribution is 5.88. The molecule has 0 aliphatic carbocycles. The molecule has 2 heterocycles. The van der Waals surface area contributed by atoms with Crippen LogP contribution in [0.1, 0.15) is 58.3 Å². The molecule has 1 unspecified atom stereocenters. The Hall–Kier alpha value is -2.55. The number of benzene rings is 2. The van der Waals surface area contributed by atoms with Crippen molar-refractivity contribution in [3.05, 3.63) is 63.2 Å². The van der Waals surface area contributed by atoms with Crippen LogP contribution in [-0.2, 0) is 11.2 Å². The molecule has 140 valence electrons. The van der Waals surface area contributed by atoms with Crippen LogP contribution in [0.5, 0.6) is 5.75 Å². The van der Waals surface area contributed by atoms with Crippen LogP contribution in [0, 0.1) is 20.8 Å². The summed E-state index contributed by atoms with van der Waals surface area (Å²) >= 11 is 0. The van der Waals surface area contributed by atoms with Crippen LogP contribution in [0.15, 0.2) is 24.3 Å². The highest BCUT2D eigenvalue weighted by Crippen LogP contribution is 2.47. The van der Waals surface area contributed by atoms with Gasteiger partial charge in [0.15, 0.2) is 0 Å². The molecular formula is C24H27NO2. The second kappa shape index (κ2) is 6.56. The van der Waals surface area contributed by atoms with Crippen molar-refractivity contribution < 1.29 is 9.53 Å². The van der Waals surface area contributed by atoms with Crippen LogP contribution >= 0.6 is 0 Å². The summed E-state index contributed by atoms with van der Waals surface area (Å²) in [4.78, 5) is 14.6. The number of hydrogen-bond acceptors (Lipinski definition) is 3. The van der Waals surface area contributed by atoms with Crippen molar-refractivity contribution in [1.29, 1.82) is 0 Å². The minimum atomic E-state index is 0.0297. The fourth-order valence-corrected chi connectivity index (χ4v) is 4.57. The molecule has 27 heavy (non-hydrogen) atoms. The predicted molar refractivity (Wildman–Crippen MR) is 110 cm³/mol. The van der Waals surface area contributed by atoms with Gasteiger partial charge in [-0.25, -0.2) is 0 Å². The second-order valence-electron chi connectivity index (χ2n) is 7.91. The third kappa shape index (κ3) is 2.86. The maximum absolute atomic E-state index is 12.1. The van der Waals surface area contributed by atoms with Gasteiger partial charge in [-0.1, -0.05) is 18.2 Å². The van der Waals surface area contributed by atoms with Gasteiger partial charge < -0.3 is 9.64 Å². The van der Waals surface area contributed by atoms with Gasteiger partial charge in [-0.15, -0.1) is 0 Å². The largest absolute Gasteiger partial charge is 0.496 e. The summed E-state index contributed by atoms with van der Waals surface area (Å²) < 4.78 is 5.77. The number of ketones is 1. The van der Waals surface area contributed by atoms with E-state index in [0.29, 0.717) is 6.42 Å². The molecule has 1 atom stereocenters. The van der Waals surface area contributed by atoms with E-state index >= 15 is 0 Å². The maximum Gasteiger partial charge on any atom is 0.132 e. The van der Waals surface area contributed by atoms with E-state index in [2.05, 4.69) is 56.0 Å². The van der Waals surface area contributed by atoms with Crippen LogP contribution < -0.4 is 4.74 Å². The monoisotopic (exact) mass is 361 g/mol. The van der Waals surface area contributed by atoms with Crippen molar-refractivity contribution in [2.24, 2.45) is 0 Å². The Kier molecular flexibility index (Phi) is 4.33. The Morgan fingerprint density at radius 1 is 1.15 bits per heavy atom. The van der Waals surface area contributed by atoms with E-state index in [9.17, 15) is 4.79 Å². The van der Waals surface area contributed by atoms with Gasteiger partial charge in [0.25, 0.3) is 0 Å². The number of fused-ring (bicyclic) bond motifs is 4. The van der Waals surface area contributed by atoms with Crippen molar-refractivity contribution >= 4 is 17.6 Å². The summed E-state index contributed by atoms with van der Waals surface area (Å²) in [7, 11) is 1.73. The first kappa shape index (κ1) is 17.8. The first-order chi connectivity index (χ1) is 12.9. The van der Waals surface area contributed by atoms with Gasteiger partial charge >= 0.3 is 0 Å². The summed E-state index contributed by atoms with van der Waals surface area (Å²) in [5, 5.41) is 0. The number of Topliss-reactive ketones (excluding diaryl/α,β-unsaturated/α-hetero) is 1. The Morgan fingerprint density at radius 3 is 2.59 bits per heavy atom. The third-order valence-corrected chi connectivity index (χ3v) is 6.04. The van der Waals surface area contributed by atoms with Gasteiger partial charge in [0, 0.05) is 29.8 Å². The molecule has 0 spiro atoms. The molecule has 0 radical (unpaired) electrons. The normalized spacial score (nSPS) is 17.6. The number of rotatable bonds is 3. The third-order valence-electron chi connectivity index (χ3n) is 6.04. The predicted octanol–water partition coefficient (Wildman–Crippen LogP) is 5.01. The van der Waals surface area contributed by atoms with Crippen LogP contribution in [0.4, 0.5) is 0 Å². The van der Waals surface area contributed by atoms with E-state index in [1.54, 1.807) is 14.0 Å². The average Bonchev–Trinajstić information content (AvgIpc) is 2.62. The standard InChI is InChI=1S/C24H27NO2/c1-14-6-7-19-13-21-20-11-16(3)15(2)10-18(20)8-9-25(21)22(12-17(4)26)23(19)24(14)27-5/h6-7,10-11,13,22H,8-9,12H2,1-5H3. The zero-order valence-electron chi connectivity index (χ0n) is 16.8. The number of nitrogens with zero attached hydrogens (tertiary/aromatic N) is 1. The van der Waals surface area contributed by atoms with Crippen molar-refractivity contribution in [2.45, 2.75) is 46.6 Å². The zero-order chi connectivity index (χ0) is 19.3. The van der Waals surface area contributed by atoms with E-state index in [1.165, 1.54) is 33.5 Å². The molecule has 0 N–H and O–H groups in total. The quantitative estimate of drug-likeness (QED) is 0.769. The molecule has 2 aliphatic heterocycles. The second-order valence-corrected chi connectivity index (χ2v) is 7.91. The van der Waals surface area contributed by atoms with Crippen molar-refractivity contribution in [1.82, 2.24) is 4.90 Å². The van der Waals surface area contributed by atoms with Gasteiger partial charge in [-0.3, -0.25) is 4.79 Å². The number of methoxy groups -OCH3 is 1. The van der Waals surface area contributed by atoms with Crippen LogP contribution in [0.25, 0.3) is 11.8 Å². The molecule has 2 aromatic rings. The molecule has 3 heteroatoms. The van der Waals surface area contributed by atoms with Gasteiger partial charge in [0.1, 0.15) is 11.5 Å². The number of hydrogen-bond donors (Lipinski definition) is 0. The van der Waals surface area contributed by atoms with Crippen LogP contribution in [-0.4, -0.2) is 24.3 Å². The van der Waals surface area contributed by atoms with Crippen molar-refractivity contribution in [3.8, 4) is 5.75 Å². The lowest BCUT2D eigenvalue weighted by Crippen LogP contribution is -2.36. The lowest BCUT2D eigenvalue weighted by Gasteiger charge is -2.43. The molecule has 2 aromatic carbocycles. The fraction of sp³-hybridized carbons (Fsp3) is 0.375. The van der Waals surface area contributed by atoms with Gasteiger partial charge in [0.05, 0.1) is 13.2 Å². The van der Waals surface area contributed by atoms with Gasteiger partial charge in [-0.05, 0) is 74.1 Å². The van der Waals surface area contributed by atoms with Crippen molar-refractivity contribution in [2.75, 3.05) is 13.7 Å². The molecule has 0 saturated carbocycles. The number of ether oxygens (including phenoxy) is 1. The fourth-order valence-electron chi connectivity index (χ4n) is 4.57. The lowest BCUT2D eigenvalue weighted by atomic mass is 9.83. The van der Waals surface area contributed by atoms with Gasteiger partial charge in [0.2, 0.25) is 0 Å². The highest BCUT2D eigenvalue weighted by atomic mass is 16.5. The number of aryl methyl sites for hydroxylation is 3. The van der Waals surface area contributed by atoms with E-state index in [1.807, 2.05) is 0 Å². The van der Waals surface area contributed by atoms with Crippen LogP contribution in [0.3, 0.4) is 0 Å². The van der Waals surface area contributed by atoms with E-state index in [0.717, 1.165) is 29.8 Å². The summed E-state index contributed by atoms with van der Waals surface area (Å²) in [6, 6.07) is 8.94. The van der Waals surface area contributed by atoms with Crippen molar-refractivity contribution in [3.63, 3.8) is 0 Å². The first-order valence-corrected chi connectivity index (χ1v) is 9.66. The Balaban J connectivity index is 1.96. The minimum absolute atomic E-state index is 0.0297. The summed E-state index contributed by atoms with van der Waals surface area (Å²) in [5.74, 6) is 1.13. The molecule has 0 bridgehead atoms. The maximum atomic E-state index is 12.1. The molecule has 0 saturated heterocycles. The van der Waals surface area contributed by atoms with E-state index < -0.39 is 0 Å². The molecule has 0 aromatic heterocycles. The van der Waals surface area contributed by atoms with E-state index in [-0.39, 0.29) is 11.8 Å².